The molecule has 0 aliphatic rings. The number of fused-ring (bicyclic) bond motifs is 1. The van der Waals surface area contributed by atoms with Gasteiger partial charge in [0.2, 0.25) is 0 Å². The van der Waals surface area contributed by atoms with Crippen LogP contribution in [0, 0.1) is 0 Å². The van der Waals surface area contributed by atoms with Crippen molar-refractivity contribution in [2.24, 2.45) is 14.1 Å². The van der Waals surface area contributed by atoms with Gasteiger partial charge in [-0.15, -0.1) is 10.2 Å². The number of benzene rings is 2. The van der Waals surface area contributed by atoms with Crippen LogP contribution in [0.2, 0.25) is 0 Å². The maximum absolute atomic E-state index is 12.8. The largest absolute Gasteiger partial charge is 0.350 e. The van der Waals surface area contributed by atoms with Gasteiger partial charge in [-0.3, -0.25) is 4.79 Å². The Kier molecular flexibility index (Phi) is 4.81. The molecule has 0 unspecified atom stereocenters. The fourth-order valence-electron chi connectivity index (χ4n) is 3.17. The van der Waals surface area contributed by atoms with E-state index in [1.54, 1.807) is 0 Å². The monoisotopic (exact) mass is 376 g/mol. The van der Waals surface area contributed by atoms with Crippen LogP contribution in [-0.2, 0) is 20.5 Å². The Bertz CT molecular complexity index is 1100. The number of para-hydroxylation sites is 1. The average Bonchev–Trinajstić information content (AvgIpc) is 3.22. The smallest absolute Gasteiger partial charge is 0.191 e. The first-order valence-corrected chi connectivity index (χ1v) is 9.74. The van der Waals surface area contributed by atoms with E-state index < -0.39 is 0 Å². The molecule has 27 heavy (non-hydrogen) atoms. The molecule has 0 amide bonds. The van der Waals surface area contributed by atoms with E-state index in [2.05, 4.69) is 22.3 Å². The van der Waals surface area contributed by atoms with Gasteiger partial charge in [0.05, 0.1) is 5.75 Å². The molecule has 0 atom stereocenters. The van der Waals surface area contributed by atoms with Gasteiger partial charge < -0.3 is 9.13 Å². The number of Topliss-reactive ketones (excluding diaryl/α,β-unsaturated/α-hetero) is 1. The highest BCUT2D eigenvalue weighted by Crippen LogP contribution is 2.24. The normalized spacial score (nSPS) is 11.2. The highest BCUT2D eigenvalue weighted by molar-refractivity contribution is 7.99. The van der Waals surface area contributed by atoms with Gasteiger partial charge in [0.1, 0.15) is 5.82 Å². The molecule has 0 saturated carbocycles. The summed E-state index contributed by atoms with van der Waals surface area (Å²) in [4.78, 5) is 12.8. The van der Waals surface area contributed by atoms with E-state index in [1.807, 2.05) is 71.9 Å². The molecule has 136 valence electrons. The van der Waals surface area contributed by atoms with Gasteiger partial charge in [0, 0.05) is 43.2 Å². The quantitative estimate of drug-likeness (QED) is 0.379. The van der Waals surface area contributed by atoms with Gasteiger partial charge in [-0.2, -0.15) is 0 Å². The van der Waals surface area contributed by atoms with E-state index in [0.717, 1.165) is 33.9 Å². The third kappa shape index (κ3) is 3.53. The number of carbonyl (C=O) groups is 1. The summed E-state index contributed by atoms with van der Waals surface area (Å²) in [5.74, 6) is 1.33. The Morgan fingerprint density at radius 1 is 1.00 bits per heavy atom. The van der Waals surface area contributed by atoms with Gasteiger partial charge in [0.15, 0.2) is 10.9 Å². The Morgan fingerprint density at radius 2 is 1.74 bits per heavy atom. The van der Waals surface area contributed by atoms with Crippen molar-refractivity contribution in [3.63, 3.8) is 0 Å². The van der Waals surface area contributed by atoms with Gasteiger partial charge in [-0.25, -0.2) is 0 Å². The second kappa shape index (κ2) is 7.40. The van der Waals surface area contributed by atoms with E-state index in [1.165, 1.54) is 17.3 Å². The molecule has 0 aliphatic heterocycles. The third-order valence-electron chi connectivity index (χ3n) is 4.66. The van der Waals surface area contributed by atoms with E-state index in [-0.39, 0.29) is 5.78 Å². The van der Waals surface area contributed by atoms with Crippen LogP contribution in [0.3, 0.4) is 0 Å². The zero-order chi connectivity index (χ0) is 18.8. The summed E-state index contributed by atoms with van der Waals surface area (Å²) < 4.78 is 3.96. The molecule has 5 nitrogen and oxygen atoms in total. The SMILES string of the molecule is Cn1c(Cc2ccccc2)nnc1SCC(=O)c1cn(C)c2ccccc12. The Hall–Kier alpha value is -2.86. The molecule has 0 fully saturated rings. The lowest BCUT2D eigenvalue weighted by atomic mass is 10.1. The molecular weight excluding hydrogens is 356 g/mol. The third-order valence-corrected chi connectivity index (χ3v) is 5.68. The lowest BCUT2D eigenvalue weighted by Crippen LogP contribution is -2.04. The van der Waals surface area contributed by atoms with Crippen molar-refractivity contribution < 1.29 is 4.79 Å². The Balaban J connectivity index is 1.48. The minimum Gasteiger partial charge on any atom is -0.350 e. The summed E-state index contributed by atoms with van der Waals surface area (Å²) in [6.45, 7) is 0. The molecule has 0 aliphatic carbocycles. The first kappa shape index (κ1) is 17.5. The van der Waals surface area contributed by atoms with Crippen LogP contribution in [0.5, 0.6) is 0 Å². The van der Waals surface area contributed by atoms with Crippen LogP contribution in [0.1, 0.15) is 21.7 Å². The maximum Gasteiger partial charge on any atom is 0.191 e. The molecular formula is C21H20N4OS. The Labute approximate surface area is 162 Å². The van der Waals surface area contributed by atoms with Crippen molar-refractivity contribution in [1.82, 2.24) is 19.3 Å². The molecule has 4 rings (SSSR count). The van der Waals surface area contributed by atoms with Crippen LogP contribution in [-0.4, -0.2) is 30.9 Å². The van der Waals surface area contributed by atoms with Crippen molar-refractivity contribution in [3.8, 4) is 0 Å². The van der Waals surface area contributed by atoms with Gasteiger partial charge in [-0.1, -0.05) is 60.3 Å². The topological polar surface area (TPSA) is 52.7 Å². The molecule has 0 saturated heterocycles. The van der Waals surface area contributed by atoms with Crippen LogP contribution in [0.15, 0.2) is 66.0 Å². The summed E-state index contributed by atoms with van der Waals surface area (Å²) in [6, 6.07) is 18.2. The van der Waals surface area contributed by atoms with E-state index >= 15 is 0 Å². The van der Waals surface area contributed by atoms with Crippen molar-refractivity contribution in [2.75, 3.05) is 5.75 Å². The highest BCUT2D eigenvalue weighted by Gasteiger charge is 2.16. The zero-order valence-electron chi connectivity index (χ0n) is 15.3. The molecule has 2 heterocycles. The predicted molar refractivity (Wildman–Crippen MR) is 108 cm³/mol. The van der Waals surface area contributed by atoms with Gasteiger partial charge in [-0.05, 0) is 11.6 Å². The van der Waals surface area contributed by atoms with Crippen LogP contribution in [0.4, 0.5) is 0 Å². The highest BCUT2D eigenvalue weighted by atomic mass is 32.2. The van der Waals surface area contributed by atoms with Crippen molar-refractivity contribution in [1.29, 1.82) is 0 Å². The summed E-state index contributed by atoms with van der Waals surface area (Å²) in [7, 11) is 3.91. The summed E-state index contributed by atoms with van der Waals surface area (Å²) in [5, 5.41) is 10.3. The van der Waals surface area contributed by atoms with Crippen LogP contribution >= 0.6 is 11.8 Å². The molecule has 2 aromatic heterocycles. The summed E-state index contributed by atoms with van der Waals surface area (Å²) in [6.07, 6.45) is 2.63. The molecule has 0 N–H and O–H groups in total. The summed E-state index contributed by atoms with van der Waals surface area (Å²) >= 11 is 1.43. The number of hydrogen-bond donors (Lipinski definition) is 0. The minimum atomic E-state index is 0.101. The van der Waals surface area contributed by atoms with E-state index in [0.29, 0.717) is 5.75 Å². The molecule has 2 aromatic carbocycles. The number of nitrogens with zero attached hydrogens (tertiary/aromatic N) is 4. The number of thioether (sulfide) groups is 1. The Morgan fingerprint density at radius 3 is 2.56 bits per heavy atom. The van der Waals surface area contributed by atoms with Crippen molar-refractivity contribution in [2.45, 2.75) is 11.6 Å². The standard InChI is InChI=1S/C21H20N4OS/c1-24-13-17(16-10-6-7-11-18(16)24)19(26)14-27-21-23-22-20(25(21)2)12-15-8-4-3-5-9-15/h3-11,13H,12,14H2,1-2H3. The molecule has 0 radical (unpaired) electrons. The second-order valence-corrected chi connectivity index (χ2v) is 7.45. The molecule has 0 spiro atoms. The van der Waals surface area contributed by atoms with Crippen LogP contribution < -0.4 is 0 Å². The second-order valence-electron chi connectivity index (χ2n) is 6.50. The first-order valence-electron chi connectivity index (χ1n) is 8.75. The first-order chi connectivity index (χ1) is 13.1. The number of rotatable bonds is 6. The maximum atomic E-state index is 12.8. The number of ketones is 1. The zero-order valence-corrected chi connectivity index (χ0v) is 16.1. The predicted octanol–water partition coefficient (Wildman–Crippen LogP) is 3.87. The lowest BCUT2D eigenvalue weighted by molar-refractivity contribution is 0.102. The number of hydrogen-bond acceptors (Lipinski definition) is 4. The van der Waals surface area contributed by atoms with Gasteiger partial charge in [0.25, 0.3) is 0 Å². The number of aromatic nitrogens is 4. The number of aryl methyl sites for hydroxylation is 1. The van der Waals surface area contributed by atoms with Gasteiger partial charge >= 0.3 is 0 Å². The van der Waals surface area contributed by atoms with Crippen molar-refractivity contribution >= 4 is 28.4 Å². The minimum absolute atomic E-state index is 0.101. The molecule has 4 aromatic rings. The average molecular weight is 376 g/mol. The van der Waals surface area contributed by atoms with E-state index in [9.17, 15) is 4.79 Å². The fraction of sp³-hybridized carbons (Fsp3) is 0.190. The van der Waals surface area contributed by atoms with Crippen LogP contribution in [0.25, 0.3) is 10.9 Å². The lowest BCUT2D eigenvalue weighted by Gasteiger charge is -2.04. The van der Waals surface area contributed by atoms with E-state index in [4.69, 9.17) is 0 Å². The molecule has 0 bridgehead atoms. The number of carbonyl (C=O) groups excluding carboxylic acids is 1. The van der Waals surface area contributed by atoms with Crippen molar-refractivity contribution in [3.05, 3.63) is 77.7 Å². The molecule has 6 heteroatoms. The fourth-order valence-corrected chi connectivity index (χ4v) is 3.99. The summed E-state index contributed by atoms with van der Waals surface area (Å²) in [5.41, 5.74) is 3.01.